The Balaban J connectivity index is 3.38. The third kappa shape index (κ3) is 11.5. The Labute approximate surface area is 228 Å². The molecule has 214 valence electrons. The molecule has 3 atom stereocenters. The van der Waals surface area contributed by atoms with Gasteiger partial charge in [-0.05, 0) is 72.8 Å². The van der Waals surface area contributed by atoms with Gasteiger partial charge in [0.15, 0.2) is 0 Å². The van der Waals surface area contributed by atoms with Crippen LogP contribution in [0.25, 0.3) is 0 Å². The molecule has 0 radical (unpaired) electrons. The van der Waals surface area contributed by atoms with E-state index < -0.39 is 41.6 Å². The van der Waals surface area contributed by atoms with Gasteiger partial charge < -0.3 is 25.0 Å². The lowest BCUT2D eigenvalue weighted by molar-refractivity contribution is -0.145. The van der Waals surface area contributed by atoms with Gasteiger partial charge in [-0.25, -0.2) is 4.79 Å². The van der Waals surface area contributed by atoms with E-state index in [-0.39, 0.29) is 25.6 Å². The number of rotatable bonds is 13. The van der Waals surface area contributed by atoms with Crippen molar-refractivity contribution in [2.24, 2.45) is 5.92 Å². The van der Waals surface area contributed by atoms with Crippen molar-refractivity contribution < 1.29 is 28.7 Å². The topological polar surface area (TPSA) is 114 Å². The maximum atomic E-state index is 13.9. The molecule has 0 saturated carbocycles. The summed E-state index contributed by atoms with van der Waals surface area (Å²) in [5, 5.41) is 5.43. The molecule has 9 heteroatoms. The highest BCUT2D eigenvalue weighted by molar-refractivity contribution is 5.92. The lowest BCUT2D eigenvalue weighted by Crippen LogP contribution is -2.54. The minimum Gasteiger partial charge on any atom is -0.466 e. The lowest BCUT2D eigenvalue weighted by atomic mass is 9.96. The Morgan fingerprint density at radius 1 is 1.03 bits per heavy atom. The number of ether oxygens (including phenoxy) is 2. The summed E-state index contributed by atoms with van der Waals surface area (Å²) in [5.74, 6) is -0.816. The Morgan fingerprint density at radius 2 is 1.68 bits per heavy atom. The highest BCUT2D eigenvalue weighted by atomic mass is 16.6. The van der Waals surface area contributed by atoms with Gasteiger partial charge in [0.2, 0.25) is 11.8 Å². The van der Waals surface area contributed by atoms with Crippen molar-refractivity contribution in [2.45, 2.75) is 105 Å². The second-order valence-corrected chi connectivity index (χ2v) is 11.1. The summed E-state index contributed by atoms with van der Waals surface area (Å²) >= 11 is 0. The molecular weight excluding hydrogens is 486 g/mol. The number of hydrogen-bond acceptors (Lipinski definition) is 6. The molecule has 0 saturated heterocycles. The molecule has 1 aromatic rings. The van der Waals surface area contributed by atoms with Crippen LogP contribution in [0, 0.1) is 12.8 Å². The second kappa shape index (κ2) is 15.3. The Morgan fingerprint density at radius 3 is 2.24 bits per heavy atom. The average molecular weight is 534 g/mol. The van der Waals surface area contributed by atoms with Crippen LogP contribution in [0.5, 0.6) is 0 Å². The van der Waals surface area contributed by atoms with Crippen LogP contribution in [0.15, 0.2) is 24.3 Å². The van der Waals surface area contributed by atoms with Crippen molar-refractivity contribution in [1.82, 2.24) is 15.5 Å². The largest absolute Gasteiger partial charge is 0.466 e. The molecule has 0 aliphatic carbocycles. The molecule has 9 nitrogen and oxygen atoms in total. The molecule has 0 spiro atoms. The molecular formula is C29H47N3O6. The Kier molecular flexibility index (Phi) is 13.3. The van der Waals surface area contributed by atoms with Crippen molar-refractivity contribution in [3.05, 3.63) is 35.4 Å². The molecule has 0 bridgehead atoms. The van der Waals surface area contributed by atoms with Gasteiger partial charge in [0.25, 0.3) is 0 Å². The summed E-state index contributed by atoms with van der Waals surface area (Å²) < 4.78 is 10.3. The van der Waals surface area contributed by atoms with Gasteiger partial charge in [0.1, 0.15) is 17.7 Å². The maximum absolute atomic E-state index is 13.9. The van der Waals surface area contributed by atoms with Crippen molar-refractivity contribution in [1.29, 1.82) is 0 Å². The van der Waals surface area contributed by atoms with Crippen LogP contribution in [-0.4, -0.2) is 59.6 Å². The molecule has 38 heavy (non-hydrogen) atoms. The van der Waals surface area contributed by atoms with Gasteiger partial charge in [-0.1, -0.05) is 43.7 Å². The quantitative estimate of drug-likeness (QED) is 0.356. The molecule has 0 heterocycles. The lowest BCUT2D eigenvalue weighted by Gasteiger charge is -2.38. The van der Waals surface area contributed by atoms with Crippen molar-refractivity contribution >= 4 is 23.9 Å². The number of amides is 3. The Bertz CT molecular complexity index is 940. The summed E-state index contributed by atoms with van der Waals surface area (Å²) in [6.07, 6.45) is 0.831. The van der Waals surface area contributed by atoms with Crippen LogP contribution in [0.3, 0.4) is 0 Å². The van der Waals surface area contributed by atoms with E-state index in [0.717, 1.165) is 12.0 Å². The zero-order valence-corrected chi connectivity index (χ0v) is 24.6. The van der Waals surface area contributed by atoms with Gasteiger partial charge in [-0.15, -0.1) is 0 Å². The predicted molar refractivity (Wildman–Crippen MR) is 147 cm³/mol. The zero-order chi connectivity index (χ0) is 29.0. The van der Waals surface area contributed by atoms with E-state index in [1.165, 1.54) is 0 Å². The fourth-order valence-electron chi connectivity index (χ4n) is 3.98. The fourth-order valence-corrected chi connectivity index (χ4v) is 3.98. The van der Waals surface area contributed by atoms with Gasteiger partial charge >= 0.3 is 12.1 Å². The van der Waals surface area contributed by atoms with E-state index in [9.17, 15) is 19.2 Å². The first-order chi connectivity index (χ1) is 17.7. The highest BCUT2D eigenvalue weighted by Crippen LogP contribution is 2.28. The summed E-state index contributed by atoms with van der Waals surface area (Å²) in [6, 6.07) is 5.23. The highest BCUT2D eigenvalue weighted by Gasteiger charge is 2.37. The van der Waals surface area contributed by atoms with Gasteiger partial charge in [-0.3, -0.25) is 14.4 Å². The number of nitrogens with one attached hydrogen (secondary N) is 2. The van der Waals surface area contributed by atoms with Crippen LogP contribution in [-0.2, 0) is 23.9 Å². The molecule has 0 fully saturated rings. The Hall–Kier alpha value is -3.10. The standard InChI is InChI=1S/C29H47N3O6/c1-10-37-24(33)16-17-30-26(34)25(23-13-11-12-20(4)18-23)32(21(5)15-14-19(2)3)27(35)22(6)31-28(36)38-29(7,8)9/h11-13,18-19,21-22,25H,10,14-17H2,1-9H3,(H,30,34)(H,31,36). The smallest absolute Gasteiger partial charge is 0.408 e. The van der Waals surface area contributed by atoms with Crippen LogP contribution in [0.4, 0.5) is 4.79 Å². The zero-order valence-electron chi connectivity index (χ0n) is 24.6. The molecule has 1 aromatic carbocycles. The van der Waals surface area contributed by atoms with Gasteiger partial charge in [0, 0.05) is 12.6 Å². The first-order valence-electron chi connectivity index (χ1n) is 13.5. The van der Waals surface area contributed by atoms with Crippen molar-refractivity contribution in [2.75, 3.05) is 13.2 Å². The van der Waals surface area contributed by atoms with Gasteiger partial charge in [-0.2, -0.15) is 0 Å². The monoisotopic (exact) mass is 533 g/mol. The molecule has 0 aliphatic heterocycles. The molecule has 3 unspecified atom stereocenters. The average Bonchev–Trinajstić information content (AvgIpc) is 2.79. The number of esters is 1. The van der Waals surface area contributed by atoms with E-state index in [2.05, 4.69) is 24.5 Å². The normalized spacial score (nSPS) is 13.7. The number of carbonyl (C=O) groups excluding carboxylic acids is 4. The number of nitrogens with zero attached hydrogens (tertiary/aromatic N) is 1. The van der Waals surface area contributed by atoms with Crippen LogP contribution in [0.1, 0.15) is 91.8 Å². The van der Waals surface area contributed by atoms with Gasteiger partial charge in [0.05, 0.1) is 13.0 Å². The minimum atomic E-state index is -0.963. The van der Waals surface area contributed by atoms with E-state index in [0.29, 0.717) is 17.9 Å². The SMILES string of the molecule is CCOC(=O)CCNC(=O)C(c1cccc(C)c1)N(C(=O)C(C)NC(=O)OC(C)(C)C)C(C)CCC(C)C. The van der Waals surface area contributed by atoms with E-state index in [4.69, 9.17) is 9.47 Å². The minimum absolute atomic E-state index is 0.0214. The summed E-state index contributed by atoms with van der Waals surface area (Å²) in [6.45, 7) is 16.9. The third-order valence-electron chi connectivity index (χ3n) is 5.81. The third-order valence-corrected chi connectivity index (χ3v) is 5.81. The summed E-state index contributed by atoms with van der Waals surface area (Å²) in [4.78, 5) is 53.3. The second-order valence-electron chi connectivity index (χ2n) is 11.1. The molecule has 0 aromatic heterocycles. The molecule has 0 aliphatic rings. The predicted octanol–water partition coefficient (Wildman–Crippen LogP) is 4.67. The molecule has 3 amide bonds. The van der Waals surface area contributed by atoms with Crippen LogP contribution >= 0.6 is 0 Å². The molecule has 1 rings (SSSR count). The first kappa shape index (κ1) is 32.9. The fraction of sp³-hybridized carbons (Fsp3) is 0.655. The summed E-state index contributed by atoms with van der Waals surface area (Å²) in [7, 11) is 0. The van der Waals surface area contributed by atoms with Crippen LogP contribution in [0.2, 0.25) is 0 Å². The number of benzene rings is 1. The molecule has 2 N–H and O–H groups in total. The van der Waals surface area contributed by atoms with Crippen molar-refractivity contribution in [3.63, 3.8) is 0 Å². The number of carbonyl (C=O) groups is 4. The summed E-state index contributed by atoms with van der Waals surface area (Å²) in [5.41, 5.74) is 0.863. The first-order valence-corrected chi connectivity index (χ1v) is 13.5. The number of aryl methyl sites for hydroxylation is 1. The van der Waals surface area contributed by atoms with E-state index in [1.807, 2.05) is 38.1 Å². The number of alkyl carbamates (subject to hydrolysis) is 1. The van der Waals surface area contributed by atoms with E-state index >= 15 is 0 Å². The van der Waals surface area contributed by atoms with Crippen LogP contribution < -0.4 is 10.6 Å². The van der Waals surface area contributed by atoms with Crippen molar-refractivity contribution in [3.8, 4) is 0 Å². The van der Waals surface area contributed by atoms with E-state index in [1.54, 1.807) is 39.5 Å². The number of hydrogen-bond donors (Lipinski definition) is 2. The maximum Gasteiger partial charge on any atom is 0.408 e.